The van der Waals surface area contributed by atoms with Crippen molar-refractivity contribution in [3.8, 4) is 0 Å². The molecule has 0 spiro atoms. The van der Waals surface area contributed by atoms with E-state index in [4.69, 9.17) is 0 Å². The van der Waals surface area contributed by atoms with E-state index < -0.39 is 0 Å². The largest absolute Gasteiger partial charge is 0.307 e. The first-order valence-corrected chi connectivity index (χ1v) is 8.70. The van der Waals surface area contributed by atoms with Gasteiger partial charge >= 0.3 is 0 Å². The number of hydrogen-bond acceptors (Lipinski definition) is 1. The Labute approximate surface area is 145 Å². The zero-order valence-corrected chi connectivity index (χ0v) is 14.2. The zero-order chi connectivity index (χ0) is 16.6. The summed E-state index contributed by atoms with van der Waals surface area (Å²) in [5.74, 6) is 0. The van der Waals surface area contributed by atoms with E-state index >= 15 is 0 Å². The van der Waals surface area contributed by atoms with Crippen LogP contribution < -0.4 is 5.32 Å². The summed E-state index contributed by atoms with van der Waals surface area (Å²) >= 11 is 0. The SMILES string of the molecule is C[C@H](NC(Cc1ccccc1)Cc1ccccc1)c1ccccc1. The Balaban J connectivity index is 1.73. The molecule has 0 aromatic heterocycles. The predicted molar refractivity (Wildman–Crippen MR) is 102 cm³/mol. The molecule has 0 unspecified atom stereocenters. The molecule has 24 heavy (non-hydrogen) atoms. The van der Waals surface area contributed by atoms with Gasteiger partial charge in [-0.15, -0.1) is 0 Å². The molecule has 3 rings (SSSR count). The van der Waals surface area contributed by atoms with Crippen LogP contribution in [0.4, 0.5) is 0 Å². The lowest BCUT2D eigenvalue weighted by molar-refractivity contribution is 0.448. The highest BCUT2D eigenvalue weighted by Gasteiger charge is 2.14. The molecule has 0 amide bonds. The second kappa shape index (κ2) is 8.47. The first kappa shape index (κ1) is 16.5. The Bertz CT molecular complexity index is 665. The molecular weight excluding hydrogens is 290 g/mol. The van der Waals surface area contributed by atoms with Crippen molar-refractivity contribution in [2.75, 3.05) is 0 Å². The highest BCUT2D eigenvalue weighted by Crippen LogP contribution is 2.16. The second-order valence-electron chi connectivity index (χ2n) is 6.38. The average molecular weight is 315 g/mol. The summed E-state index contributed by atoms with van der Waals surface area (Å²) in [6.07, 6.45) is 2.07. The first-order valence-electron chi connectivity index (χ1n) is 8.70. The quantitative estimate of drug-likeness (QED) is 0.632. The van der Waals surface area contributed by atoms with E-state index in [9.17, 15) is 0 Å². The van der Waals surface area contributed by atoms with Crippen LogP contribution >= 0.6 is 0 Å². The van der Waals surface area contributed by atoms with E-state index in [1.807, 2.05) is 0 Å². The van der Waals surface area contributed by atoms with Crippen molar-refractivity contribution in [1.82, 2.24) is 5.32 Å². The average Bonchev–Trinajstić information content (AvgIpc) is 2.64. The zero-order valence-electron chi connectivity index (χ0n) is 14.2. The van der Waals surface area contributed by atoms with Gasteiger partial charge in [0.1, 0.15) is 0 Å². The molecule has 0 saturated carbocycles. The van der Waals surface area contributed by atoms with Gasteiger partial charge in [0.2, 0.25) is 0 Å². The summed E-state index contributed by atoms with van der Waals surface area (Å²) in [7, 11) is 0. The molecule has 0 fully saturated rings. The Morgan fingerprint density at radius 3 is 1.50 bits per heavy atom. The molecule has 3 aromatic carbocycles. The van der Waals surface area contributed by atoms with E-state index in [0.29, 0.717) is 12.1 Å². The Kier molecular flexibility index (Phi) is 5.81. The van der Waals surface area contributed by atoms with E-state index in [1.54, 1.807) is 0 Å². The Morgan fingerprint density at radius 1 is 0.625 bits per heavy atom. The number of rotatable bonds is 7. The van der Waals surface area contributed by atoms with Crippen LogP contribution in [0.5, 0.6) is 0 Å². The molecule has 0 heterocycles. The van der Waals surface area contributed by atoms with E-state index in [-0.39, 0.29) is 0 Å². The monoisotopic (exact) mass is 315 g/mol. The van der Waals surface area contributed by atoms with Crippen LogP contribution in [0.1, 0.15) is 29.7 Å². The predicted octanol–water partition coefficient (Wildman–Crippen LogP) is 5.19. The van der Waals surface area contributed by atoms with Gasteiger partial charge in [0, 0.05) is 12.1 Å². The lowest BCUT2D eigenvalue weighted by Gasteiger charge is -2.24. The van der Waals surface area contributed by atoms with Gasteiger partial charge < -0.3 is 5.32 Å². The van der Waals surface area contributed by atoms with E-state index in [1.165, 1.54) is 16.7 Å². The molecule has 1 atom stereocenters. The van der Waals surface area contributed by atoms with E-state index in [2.05, 4.69) is 103 Å². The van der Waals surface area contributed by atoms with Crippen molar-refractivity contribution >= 4 is 0 Å². The minimum atomic E-state index is 0.337. The molecule has 0 bridgehead atoms. The van der Waals surface area contributed by atoms with Crippen molar-refractivity contribution in [2.24, 2.45) is 0 Å². The fraction of sp³-hybridized carbons (Fsp3) is 0.217. The molecule has 1 N–H and O–H groups in total. The maximum Gasteiger partial charge on any atom is 0.0294 e. The smallest absolute Gasteiger partial charge is 0.0294 e. The highest BCUT2D eigenvalue weighted by molar-refractivity contribution is 5.22. The lowest BCUT2D eigenvalue weighted by atomic mass is 9.97. The summed E-state index contributed by atoms with van der Waals surface area (Å²) < 4.78 is 0. The normalized spacial score (nSPS) is 12.2. The van der Waals surface area contributed by atoms with Crippen LogP contribution in [0, 0.1) is 0 Å². The van der Waals surface area contributed by atoms with Gasteiger partial charge in [-0.3, -0.25) is 0 Å². The fourth-order valence-corrected chi connectivity index (χ4v) is 3.18. The van der Waals surface area contributed by atoms with Crippen LogP contribution in [0.2, 0.25) is 0 Å². The number of hydrogen-bond donors (Lipinski definition) is 1. The van der Waals surface area contributed by atoms with Gasteiger partial charge in [0.15, 0.2) is 0 Å². The second-order valence-corrected chi connectivity index (χ2v) is 6.38. The van der Waals surface area contributed by atoms with E-state index in [0.717, 1.165) is 12.8 Å². The van der Waals surface area contributed by atoms with Gasteiger partial charge in [-0.05, 0) is 36.5 Å². The summed E-state index contributed by atoms with van der Waals surface area (Å²) in [6.45, 7) is 2.25. The third-order valence-electron chi connectivity index (χ3n) is 4.44. The molecular formula is C23H25N. The minimum absolute atomic E-state index is 0.337. The topological polar surface area (TPSA) is 12.0 Å². The highest BCUT2D eigenvalue weighted by atomic mass is 14.9. The van der Waals surface area contributed by atoms with Crippen molar-refractivity contribution in [2.45, 2.75) is 31.8 Å². The molecule has 122 valence electrons. The molecule has 3 aromatic rings. The van der Waals surface area contributed by atoms with Gasteiger partial charge in [0.25, 0.3) is 0 Å². The minimum Gasteiger partial charge on any atom is -0.307 e. The van der Waals surface area contributed by atoms with Gasteiger partial charge in [-0.25, -0.2) is 0 Å². The maximum atomic E-state index is 3.83. The summed E-state index contributed by atoms with van der Waals surface area (Å²) in [6, 6.07) is 32.9. The molecule has 0 radical (unpaired) electrons. The van der Waals surface area contributed by atoms with Crippen molar-refractivity contribution < 1.29 is 0 Å². The maximum absolute atomic E-state index is 3.83. The molecule has 0 aliphatic carbocycles. The van der Waals surface area contributed by atoms with Gasteiger partial charge in [0.05, 0.1) is 0 Å². The number of benzene rings is 3. The Morgan fingerprint density at radius 2 is 1.04 bits per heavy atom. The fourth-order valence-electron chi connectivity index (χ4n) is 3.18. The van der Waals surface area contributed by atoms with Crippen LogP contribution in [-0.4, -0.2) is 6.04 Å². The Hall–Kier alpha value is -2.38. The third kappa shape index (κ3) is 4.81. The lowest BCUT2D eigenvalue weighted by Crippen LogP contribution is -2.35. The van der Waals surface area contributed by atoms with Crippen molar-refractivity contribution in [3.05, 3.63) is 108 Å². The van der Waals surface area contributed by atoms with Crippen LogP contribution in [0.3, 0.4) is 0 Å². The van der Waals surface area contributed by atoms with Crippen LogP contribution in [0.25, 0.3) is 0 Å². The molecule has 1 heteroatoms. The molecule has 0 saturated heterocycles. The molecule has 1 nitrogen and oxygen atoms in total. The van der Waals surface area contributed by atoms with Crippen molar-refractivity contribution in [1.29, 1.82) is 0 Å². The van der Waals surface area contributed by atoms with Crippen LogP contribution in [-0.2, 0) is 12.8 Å². The summed E-state index contributed by atoms with van der Waals surface area (Å²) in [5.41, 5.74) is 4.10. The molecule has 0 aliphatic heterocycles. The number of nitrogens with one attached hydrogen (secondary N) is 1. The van der Waals surface area contributed by atoms with Crippen LogP contribution in [0.15, 0.2) is 91.0 Å². The summed E-state index contributed by atoms with van der Waals surface area (Å²) in [5, 5.41) is 3.83. The first-order chi connectivity index (χ1) is 11.8. The summed E-state index contributed by atoms with van der Waals surface area (Å²) in [4.78, 5) is 0. The van der Waals surface area contributed by atoms with Gasteiger partial charge in [-0.2, -0.15) is 0 Å². The third-order valence-corrected chi connectivity index (χ3v) is 4.44. The molecule has 0 aliphatic rings. The van der Waals surface area contributed by atoms with Crippen molar-refractivity contribution in [3.63, 3.8) is 0 Å². The van der Waals surface area contributed by atoms with Gasteiger partial charge in [-0.1, -0.05) is 91.0 Å². The standard InChI is InChI=1S/C23H25N/c1-19(22-15-9-4-10-16-22)24-23(17-20-11-5-2-6-12-20)18-21-13-7-3-8-14-21/h2-16,19,23-24H,17-18H2,1H3/t19-/m0/s1.